The van der Waals surface area contributed by atoms with Crippen LogP contribution in [-0.4, -0.2) is 11.7 Å². The van der Waals surface area contributed by atoms with Crippen molar-refractivity contribution in [2.75, 3.05) is 5.32 Å². The number of hydrogen-bond donors (Lipinski definition) is 1. The zero-order valence-electron chi connectivity index (χ0n) is 12.8. The summed E-state index contributed by atoms with van der Waals surface area (Å²) in [6.07, 6.45) is 0.756. The number of hydrogen-bond acceptors (Lipinski definition) is 4. The van der Waals surface area contributed by atoms with E-state index in [4.69, 9.17) is 16.0 Å². The molecule has 118 valence electrons. The number of Topliss-reactive ketones (excluding diaryl/α,β-unsaturated/α-hetero) is 1. The van der Waals surface area contributed by atoms with E-state index < -0.39 is 0 Å². The molecule has 1 N–H and O–H groups in total. The van der Waals surface area contributed by atoms with Gasteiger partial charge in [0, 0.05) is 11.4 Å². The number of furan rings is 1. The number of carbonyl (C=O) groups is 2. The molecule has 1 aromatic heterocycles. The van der Waals surface area contributed by atoms with Crippen LogP contribution in [0.25, 0.3) is 0 Å². The van der Waals surface area contributed by atoms with Crippen molar-refractivity contribution >= 4 is 29.2 Å². The number of nitrogens with zero attached hydrogens (tertiary/aromatic N) is 1. The van der Waals surface area contributed by atoms with Crippen molar-refractivity contribution in [3.63, 3.8) is 0 Å². The van der Waals surface area contributed by atoms with Crippen LogP contribution in [0.2, 0.25) is 5.02 Å². The van der Waals surface area contributed by atoms with Crippen molar-refractivity contribution in [2.24, 2.45) is 0 Å². The number of aryl methyl sites for hydroxylation is 2. The van der Waals surface area contributed by atoms with Gasteiger partial charge in [-0.15, -0.1) is 0 Å². The van der Waals surface area contributed by atoms with E-state index in [1.54, 1.807) is 19.1 Å². The standard InChI is InChI=1S/C17H15ClN2O3/c1-10(21)16-11(2)23-17(14(16)9-19)20-15(22)8-5-12-3-6-13(18)7-4-12/h3-4,6-7H,5,8H2,1-2H3,(H,20,22). The van der Waals surface area contributed by atoms with E-state index in [-0.39, 0.29) is 35.1 Å². The second-order valence-electron chi connectivity index (χ2n) is 5.08. The Bertz CT molecular complexity index is 785. The molecule has 0 bridgehead atoms. The Morgan fingerprint density at radius 2 is 1.96 bits per heavy atom. The normalized spacial score (nSPS) is 10.2. The van der Waals surface area contributed by atoms with Crippen LogP contribution in [0.1, 0.15) is 40.6 Å². The predicted molar refractivity (Wildman–Crippen MR) is 86.6 cm³/mol. The lowest BCUT2D eigenvalue weighted by Crippen LogP contribution is -2.12. The van der Waals surface area contributed by atoms with Crippen molar-refractivity contribution in [2.45, 2.75) is 26.7 Å². The summed E-state index contributed by atoms with van der Waals surface area (Å²) < 4.78 is 5.34. The summed E-state index contributed by atoms with van der Waals surface area (Å²) in [7, 11) is 0. The van der Waals surface area contributed by atoms with Crippen molar-refractivity contribution in [3.05, 3.63) is 51.7 Å². The number of nitriles is 1. The molecule has 0 aliphatic carbocycles. The summed E-state index contributed by atoms with van der Waals surface area (Å²) >= 11 is 5.81. The first-order valence-corrected chi connectivity index (χ1v) is 7.39. The van der Waals surface area contributed by atoms with E-state index in [0.717, 1.165) is 5.56 Å². The number of amides is 1. The van der Waals surface area contributed by atoms with Gasteiger partial charge in [-0.3, -0.25) is 14.9 Å². The van der Waals surface area contributed by atoms with Crippen LogP contribution < -0.4 is 5.32 Å². The average Bonchev–Trinajstić information content (AvgIpc) is 2.82. The molecule has 5 nitrogen and oxygen atoms in total. The van der Waals surface area contributed by atoms with Gasteiger partial charge in [0.1, 0.15) is 17.4 Å². The minimum absolute atomic E-state index is 0.0244. The topological polar surface area (TPSA) is 83.1 Å². The van der Waals surface area contributed by atoms with Crippen molar-refractivity contribution < 1.29 is 14.0 Å². The Morgan fingerprint density at radius 3 is 2.52 bits per heavy atom. The van der Waals surface area contributed by atoms with E-state index in [0.29, 0.717) is 17.2 Å². The van der Waals surface area contributed by atoms with E-state index in [1.165, 1.54) is 6.92 Å². The van der Waals surface area contributed by atoms with Crippen LogP contribution in [0, 0.1) is 18.3 Å². The lowest BCUT2D eigenvalue weighted by molar-refractivity contribution is -0.116. The van der Waals surface area contributed by atoms with Gasteiger partial charge in [-0.05, 0) is 38.0 Å². The van der Waals surface area contributed by atoms with Crippen LogP contribution >= 0.6 is 11.6 Å². The van der Waals surface area contributed by atoms with Gasteiger partial charge in [0.15, 0.2) is 5.78 Å². The zero-order valence-corrected chi connectivity index (χ0v) is 13.5. The van der Waals surface area contributed by atoms with E-state index in [9.17, 15) is 14.9 Å². The molecular weight excluding hydrogens is 316 g/mol. The zero-order chi connectivity index (χ0) is 17.0. The molecule has 23 heavy (non-hydrogen) atoms. The van der Waals surface area contributed by atoms with Gasteiger partial charge in [-0.2, -0.15) is 5.26 Å². The first-order valence-electron chi connectivity index (χ1n) is 7.01. The molecule has 2 rings (SSSR count). The Morgan fingerprint density at radius 1 is 1.30 bits per heavy atom. The van der Waals surface area contributed by atoms with Gasteiger partial charge in [-0.25, -0.2) is 0 Å². The van der Waals surface area contributed by atoms with E-state index in [2.05, 4.69) is 5.32 Å². The largest absolute Gasteiger partial charge is 0.443 e. The summed E-state index contributed by atoms with van der Waals surface area (Å²) in [5.74, 6) is -0.219. The summed E-state index contributed by atoms with van der Waals surface area (Å²) in [4.78, 5) is 23.6. The number of halogens is 1. The van der Waals surface area contributed by atoms with Crippen LogP contribution in [0.15, 0.2) is 28.7 Å². The summed E-state index contributed by atoms with van der Waals surface area (Å²) in [6.45, 7) is 2.94. The van der Waals surface area contributed by atoms with Gasteiger partial charge < -0.3 is 4.42 Å². The monoisotopic (exact) mass is 330 g/mol. The molecule has 0 unspecified atom stereocenters. The van der Waals surface area contributed by atoms with Gasteiger partial charge in [0.05, 0.1) is 5.56 Å². The van der Waals surface area contributed by atoms with Gasteiger partial charge in [0.2, 0.25) is 11.8 Å². The number of benzene rings is 1. The molecule has 0 aliphatic rings. The second-order valence-corrected chi connectivity index (χ2v) is 5.52. The van der Waals surface area contributed by atoms with Gasteiger partial charge in [-0.1, -0.05) is 23.7 Å². The highest BCUT2D eigenvalue weighted by Gasteiger charge is 2.22. The Labute approximate surface area is 138 Å². The fourth-order valence-electron chi connectivity index (χ4n) is 2.26. The Balaban J connectivity index is 2.06. The molecule has 0 saturated carbocycles. The highest BCUT2D eigenvalue weighted by atomic mass is 35.5. The molecule has 0 saturated heterocycles. The lowest BCUT2D eigenvalue weighted by atomic mass is 10.1. The Hall–Kier alpha value is -2.58. The molecule has 0 aliphatic heterocycles. The van der Waals surface area contributed by atoms with E-state index in [1.807, 2.05) is 18.2 Å². The van der Waals surface area contributed by atoms with Crippen LogP contribution in [0.3, 0.4) is 0 Å². The molecule has 0 fully saturated rings. The summed E-state index contributed by atoms with van der Waals surface area (Å²) in [5, 5.41) is 12.4. The van der Waals surface area contributed by atoms with Gasteiger partial charge in [0.25, 0.3) is 0 Å². The third-order valence-corrected chi connectivity index (χ3v) is 3.61. The molecule has 0 radical (unpaired) electrons. The minimum atomic E-state index is -0.291. The quantitative estimate of drug-likeness (QED) is 0.843. The van der Waals surface area contributed by atoms with Crippen molar-refractivity contribution in [1.29, 1.82) is 5.26 Å². The summed E-state index contributed by atoms with van der Waals surface area (Å²) in [6, 6.07) is 9.13. The molecular formula is C17H15ClN2O3. The first-order chi connectivity index (χ1) is 10.9. The third-order valence-electron chi connectivity index (χ3n) is 3.36. The predicted octanol–water partition coefficient (Wildman–Crippen LogP) is 3.89. The fraction of sp³-hybridized carbons (Fsp3) is 0.235. The van der Waals surface area contributed by atoms with Crippen LogP contribution in [0.4, 0.5) is 5.88 Å². The molecule has 0 spiro atoms. The molecule has 6 heteroatoms. The van der Waals surface area contributed by atoms with E-state index >= 15 is 0 Å². The average molecular weight is 331 g/mol. The Kier molecular flexibility index (Phi) is 5.20. The number of rotatable bonds is 5. The van der Waals surface area contributed by atoms with Gasteiger partial charge >= 0.3 is 0 Å². The highest BCUT2D eigenvalue weighted by Crippen LogP contribution is 2.27. The van der Waals surface area contributed by atoms with Crippen LogP contribution in [-0.2, 0) is 11.2 Å². The highest BCUT2D eigenvalue weighted by molar-refractivity contribution is 6.30. The number of nitrogens with one attached hydrogen (secondary N) is 1. The van der Waals surface area contributed by atoms with Crippen LogP contribution in [0.5, 0.6) is 0 Å². The molecule has 2 aromatic rings. The molecule has 1 amide bonds. The smallest absolute Gasteiger partial charge is 0.227 e. The SMILES string of the molecule is CC(=O)c1c(C)oc(NC(=O)CCc2ccc(Cl)cc2)c1C#N. The fourth-order valence-corrected chi connectivity index (χ4v) is 2.39. The second kappa shape index (κ2) is 7.12. The van der Waals surface area contributed by atoms with Crippen molar-refractivity contribution in [3.8, 4) is 6.07 Å². The maximum absolute atomic E-state index is 12.0. The maximum atomic E-state index is 12.0. The van der Waals surface area contributed by atoms with Crippen molar-refractivity contribution in [1.82, 2.24) is 0 Å². The maximum Gasteiger partial charge on any atom is 0.227 e. The molecule has 1 aromatic carbocycles. The lowest BCUT2D eigenvalue weighted by Gasteiger charge is -2.03. The molecule has 0 atom stereocenters. The first kappa shape index (κ1) is 16.8. The number of ketones is 1. The minimum Gasteiger partial charge on any atom is -0.443 e. The molecule has 1 heterocycles. The summed E-state index contributed by atoms with van der Waals surface area (Å²) in [5.41, 5.74) is 1.25. The number of anilines is 1. The third kappa shape index (κ3) is 3.99. The number of carbonyl (C=O) groups excluding carboxylic acids is 2.